The van der Waals surface area contributed by atoms with Gasteiger partial charge in [0, 0.05) is 16.9 Å². The summed E-state index contributed by atoms with van der Waals surface area (Å²) in [6.45, 7) is 1.92. The zero-order chi connectivity index (χ0) is 24.6. The quantitative estimate of drug-likeness (QED) is 0.284. The molecule has 0 aromatic heterocycles. The molecular formula is C24H15Cl4N3O3. The van der Waals surface area contributed by atoms with Crippen molar-refractivity contribution < 1.29 is 14.4 Å². The minimum Gasteiger partial charge on any atom is -0.350 e. The van der Waals surface area contributed by atoms with Crippen molar-refractivity contribution in [3.63, 3.8) is 0 Å². The predicted octanol–water partition coefficient (Wildman–Crippen LogP) is 6.64. The predicted molar refractivity (Wildman–Crippen MR) is 136 cm³/mol. The number of imide groups is 1. The molecule has 1 aliphatic heterocycles. The van der Waals surface area contributed by atoms with E-state index in [0.717, 1.165) is 10.5 Å². The number of rotatable bonds is 5. The SMILES string of the molecule is Cc1cccc(NC(=O)c2cccc(NC3=C(Cl)C(=O)N(c4cc(Cl)c(Cl)cc4Cl)C3=O)c2)c1. The number of amides is 3. The molecule has 0 aliphatic carbocycles. The first-order chi connectivity index (χ1) is 16.2. The zero-order valence-corrected chi connectivity index (χ0v) is 20.5. The molecule has 10 heteroatoms. The second kappa shape index (κ2) is 9.68. The largest absolute Gasteiger partial charge is 0.350 e. The van der Waals surface area contributed by atoms with Gasteiger partial charge in [-0.05, 0) is 55.0 Å². The molecule has 0 fully saturated rings. The molecule has 0 atom stereocenters. The van der Waals surface area contributed by atoms with Crippen molar-refractivity contribution in [3.8, 4) is 0 Å². The fraction of sp³-hybridized carbons (Fsp3) is 0.0417. The number of benzene rings is 3. The number of nitrogens with one attached hydrogen (secondary N) is 2. The molecule has 172 valence electrons. The second-order valence-corrected chi connectivity index (χ2v) is 8.98. The number of carbonyl (C=O) groups is 3. The highest BCUT2D eigenvalue weighted by Crippen LogP contribution is 2.38. The van der Waals surface area contributed by atoms with Crippen LogP contribution in [0.2, 0.25) is 15.1 Å². The Morgan fingerprint density at radius 2 is 1.47 bits per heavy atom. The molecule has 0 unspecified atom stereocenters. The van der Waals surface area contributed by atoms with Crippen LogP contribution in [-0.4, -0.2) is 17.7 Å². The Morgan fingerprint density at radius 3 is 2.21 bits per heavy atom. The summed E-state index contributed by atoms with van der Waals surface area (Å²) in [6.07, 6.45) is 0. The van der Waals surface area contributed by atoms with Crippen LogP contribution in [0.4, 0.5) is 17.1 Å². The lowest BCUT2D eigenvalue weighted by atomic mass is 10.1. The van der Waals surface area contributed by atoms with Gasteiger partial charge >= 0.3 is 0 Å². The molecule has 3 aromatic rings. The Bertz CT molecular complexity index is 1390. The van der Waals surface area contributed by atoms with E-state index in [1.165, 1.54) is 18.2 Å². The minimum absolute atomic E-state index is 0.0484. The highest BCUT2D eigenvalue weighted by molar-refractivity contribution is 6.54. The van der Waals surface area contributed by atoms with E-state index in [2.05, 4.69) is 10.6 Å². The van der Waals surface area contributed by atoms with Crippen LogP contribution in [0.1, 0.15) is 15.9 Å². The Morgan fingerprint density at radius 1 is 0.794 bits per heavy atom. The van der Waals surface area contributed by atoms with Gasteiger partial charge in [0.05, 0.1) is 20.8 Å². The van der Waals surface area contributed by atoms with E-state index >= 15 is 0 Å². The van der Waals surface area contributed by atoms with E-state index in [9.17, 15) is 14.4 Å². The van der Waals surface area contributed by atoms with Gasteiger partial charge in [-0.15, -0.1) is 0 Å². The van der Waals surface area contributed by atoms with E-state index < -0.39 is 11.8 Å². The molecule has 34 heavy (non-hydrogen) atoms. The molecule has 4 rings (SSSR count). The van der Waals surface area contributed by atoms with Crippen LogP contribution in [0.5, 0.6) is 0 Å². The number of carbonyl (C=O) groups excluding carboxylic acids is 3. The first kappa shape index (κ1) is 24.1. The van der Waals surface area contributed by atoms with Crippen LogP contribution >= 0.6 is 46.4 Å². The molecule has 0 saturated heterocycles. The summed E-state index contributed by atoms with van der Waals surface area (Å²) in [5.41, 5.74) is 2.26. The Balaban J connectivity index is 1.57. The number of halogens is 4. The third-order valence-corrected chi connectivity index (χ3v) is 6.30. The molecule has 1 heterocycles. The first-order valence-electron chi connectivity index (χ1n) is 9.84. The monoisotopic (exact) mass is 533 g/mol. The number of anilines is 3. The number of hydrogen-bond donors (Lipinski definition) is 2. The third-order valence-electron chi connectivity index (χ3n) is 4.93. The fourth-order valence-corrected chi connectivity index (χ4v) is 4.16. The average Bonchev–Trinajstić information content (AvgIpc) is 3.00. The number of aryl methyl sites for hydroxylation is 1. The van der Waals surface area contributed by atoms with E-state index in [0.29, 0.717) is 16.9 Å². The highest BCUT2D eigenvalue weighted by Gasteiger charge is 2.40. The van der Waals surface area contributed by atoms with Gasteiger partial charge in [0.15, 0.2) is 0 Å². The van der Waals surface area contributed by atoms with E-state index in [-0.39, 0.29) is 37.4 Å². The van der Waals surface area contributed by atoms with Crippen molar-refractivity contribution in [1.82, 2.24) is 0 Å². The van der Waals surface area contributed by atoms with Gasteiger partial charge < -0.3 is 10.6 Å². The first-order valence-corrected chi connectivity index (χ1v) is 11.3. The van der Waals surface area contributed by atoms with Crippen LogP contribution in [0.3, 0.4) is 0 Å². The van der Waals surface area contributed by atoms with Gasteiger partial charge in [-0.3, -0.25) is 14.4 Å². The molecule has 6 nitrogen and oxygen atoms in total. The second-order valence-electron chi connectivity index (χ2n) is 7.38. The van der Waals surface area contributed by atoms with E-state index in [1.54, 1.807) is 24.3 Å². The number of nitrogens with zero attached hydrogens (tertiary/aromatic N) is 1. The molecule has 3 aromatic carbocycles. The van der Waals surface area contributed by atoms with Gasteiger partial charge in [-0.1, -0.05) is 64.6 Å². The van der Waals surface area contributed by atoms with Crippen LogP contribution < -0.4 is 15.5 Å². The molecule has 2 N–H and O–H groups in total. The summed E-state index contributed by atoms with van der Waals surface area (Å²) in [5.74, 6) is -1.85. The van der Waals surface area contributed by atoms with Gasteiger partial charge in [-0.2, -0.15) is 0 Å². The summed E-state index contributed by atoms with van der Waals surface area (Å²) >= 11 is 24.4. The maximum Gasteiger partial charge on any atom is 0.283 e. The van der Waals surface area contributed by atoms with Crippen molar-refractivity contribution in [3.05, 3.63) is 97.6 Å². The van der Waals surface area contributed by atoms with Crippen molar-refractivity contribution in [2.24, 2.45) is 0 Å². The molecule has 0 spiro atoms. The van der Waals surface area contributed by atoms with Crippen LogP contribution in [0, 0.1) is 6.92 Å². The molecule has 0 bridgehead atoms. The standard InChI is InChI=1S/C24H15Cl4N3O3/c1-12-4-2-6-14(8-12)30-22(32)13-5-3-7-15(9-13)29-21-20(28)23(33)31(24(21)34)19-11-17(26)16(25)10-18(19)27/h2-11,29H,1H3,(H,30,32). The summed E-state index contributed by atoms with van der Waals surface area (Å²) in [7, 11) is 0. The van der Waals surface area contributed by atoms with Crippen molar-refractivity contribution in [2.45, 2.75) is 6.92 Å². The van der Waals surface area contributed by atoms with Crippen LogP contribution in [-0.2, 0) is 9.59 Å². The number of hydrogen-bond acceptors (Lipinski definition) is 4. The molecule has 0 saturated carbocycles. The molecule has 1 aliphatic rings. The van der Waals surface area contributed by atoms with Crippen LogP contribution in [0.15, 0.2) is 71.4 Å². The summed E-state index contributed by atoms with van der Waals surface area (Å²) in [4.78, 5) is 39.3. The van der Waals surface area contributed by atoms with Gasteiger partial charge in [0.1, 0.15) is 10.7 Å². The summed E-state index contributed by atoms with van der Waals surface area (Å²) < 4.78 is 0. The average molecular weight is 535 g/mol. The maximum atomic E-state index is 13.1. The van der Waals surface area contributed by atoms with Crippen molar-refractivity contribution in [1.29, 1.82) is 0 Å². The lowest BCUT2D eigenvalue weighted by Gasteiger charge is -2.17. The Hall–Kier alpha value is -3.03. The van der Waals surface area contributed by atoms with Crippen molar-refractivity contribution >= 4 is 81.2 Å². The highest BCUT2D eigenvalue weighted by atomic mass is 35.5. The van der Waals surface area contributed by atoms with Gasteiger partial charge in [0.2, 0.25) is 0 Å². The molecule has 3 amide bonds. The minimum atomic E-state index is -0.775. The molecular weight excluding hydrogens is 520 g/mol. The molecule has 0 radical (unpaired) electrons. The third kappa shape index (κ3) is 4.76. The van der Waals surface area contributed by atoms with Crippen molar-refractivity contribution in [2.75, 3.05) is 15.5 Å². The lowest BCUT2D eigenvalue weighted by Crippen LogP contribution is -2.32. The maximum absolute atomic E-state index is 13.1. The zero-order valence-electron chi connectivity index (χ0n) is 17.5. The lowest BCUT2D eigenvalue weighted by molar-refractivity contribution is -0.120. The van der Waals surface area contributed by atoms with E-state index in [1.807, 2.05) is 25.1 Å². The summed E-state index contributed by atoms with van der Waals surface area (Å²) in [5, 5.41) is 5.67. The Kier molecular flexibility index (Phi) is 6.86. The van der Waals surface area contributed by atoms with Gasteiger partial charge in [-0.25, -0.2) is 4.90 Å². The summed E-state index contributed by atoms with van der Waals surface area (Å²) in [6, 6.07) is 16.5. The van der Waals surface area contributed by atoms with Crippen LogP contribution in [0.25, 0.3) is 0 Å². The fourth-order valence-electron chi connectivity index (χ4n) is 3.32. The normalized spacial score (nSPS) is 13.5. The topological polar surface area (TPSA) is 78.5 Å². The van der Waals surface area contributed by atoms with E-state index in [4.69, 9.17) is 46.4 Å². The smallest absolute Gasteiger partial charge is 0.283 e. The van der Waals surface area contributed by atoms with Gasteiger partial charge in [0.25, 0.3) is 17.7 Å². The Labute approximate surface area is 215 Å².